The maximum atomic E-state index is 13.0. The molecule has 0 bridgehead atoms. The zero-order chi connectivity index (χ0) is 21.5. The lowest BCUT2D eigenvalue weighted by Crippen LogP contribution is -2.23. The number of ketones is 3. The topological polar surface area (TPSA) is 129 Å². The zero-order valence-electron chi connectivity index (χ0n) is 16.0. The van der Waals surface area contributed by atoms with Crippen molar-refractivity contribution in [1.29, 1.82) is 0 Å². The number of aliphatic carboxylic acids is 1. The van der Waals surface area contributed by atoms with Crippen LogP contribution in [0.2, 0.25) is 0 Å². The summed E-state index contributed by atoms with van der Waals surface area (Å²) in [5.74, 6) is -4.08. The number of hydrogen-bond acceptors (Lipinski definition) is 6. The Labute approximate surface area is 166 Å². The van der Waals surface area contributed by atoms with E-state index in [-0.39, 0.29) is 45.7 Å². The van der Waals surface area contributed by atoms with Crippen molar-refractivity contribution in [3.8, 4) is 11.5 Å². The number of phenolic OH excluding ortho intramolecular Hbond substituents is 2. The number of Topliss-reactive ketones (excluding diaryl/α,β-unsaturated/α-hetero) is 1. The fraction of sp³-hybridized carbons (Fsp3) is 0.273. The van der Waals surface area contributed by atoms with Gasteiger partial charge in [0.2, 0.25) is 5.78 Å². The average Bonchev–Trinajstić information content (AvgIpc) is 2.63. The van der Waals surface area contributed by atoms with Crippen LogP contribution in [0.4, 0.5) is 0 Å². The van der Waals surface area contributed by atoms with Crippen LogP contribution in [0, 0.1) is 5.92 Å². The third-order valence-electron chi connectivity index (χ3n) is 4.94. The quantitative estimate of drug-likeness (QED) is 0.546. The molecule has 0 unspecified atom stereocenters. The largest absolute Gasteiger partial charge is 0.507 e. The molecule has 0 atom stereocenters. The van der Waals surface area contributed by atoms with Gasteiger partial charge in [-0.1, -0.05) is 26.0 Å². The van der Waals surface area contributed by atoms with Crippen LogP contribution in [0.5, 0.6) is 11.5 Å². The number of aromatic hydroxyl groups is 2. The molecule has 3 rings (SSSR count). The maximum absolute atomic E-state index is 13.0. The molecule has 150 valence electrons. The summed E-state index contributed by atoms with van der Waals surface area (Å²) in [6.07, 6.45) is -0.0169. The normalized spacial score (nSPS) is 12.7. The summed E-state index contributed by atoms with van der Waals surface area (Å²) in [6, 6.07) is 5.22. The molecule has 2 aromatic rings. The monoisotopic (exact) mass is 396 g/mol. The average molecular weight is 396 g/mol. The van der Waals surface area contributed by atoms with Crippen LogP contribution in [-0.2, 0) is 11.2 Å². The molecule has 0 heterocycles. The van der Waals surface area contributed by atoms with Gasteiger partial charge in [0.05, 0.1) is 23.1 Å². The smallest absolute Gasteiger partial charge is 0.307 e. The molecule has 2 aromatic carbocycles. The third kappa shape index (κ3) is 3.51. The Balaban J connectivity index is 2.25. The first kappa shape index (κ1) is 20.3. The van der Waals surface area contributed by atoms with Gasteiger partial charge >= 0.3 is 5.97 Å². The first-order chi connectivity index (χ1) is 13.6. The van der Waals surface area contributed by atoms with Crippen molar-refractivity contribution in [1.82, 2.24) is 0 Å². The van der Waals surface area contributed by atoms with Gasteiger partial charge < -0.3 is 15.3 Å². The summed E-state index contributed by atoms with van der Waals surface area (Å²) >= 11 is 0. The Bertz CT molecular complexity index is 1060. The second-order valence-corrected chi connectivity index (χ2v) is 7.47. The van der Waals surface area contributed by atoms with Crippen molar-refractivity contribution >= 4 is 23.3 Å². The maximum Gasteiger partial charge on any atom is 0.307 e. The number of phenols is 2. The van der Waals surface area contributed by atoms with E-state index in [9.17, 15) is 34.5 Å². The number of benzene rings is 2. The van der Waals surface area contributed by atoms with E-state index < -0.39 is 41.2 Å². The highest BCUT2D eigenvalue weighted by Gasteiger charge is 2.37. The molecule has 0 radical (unpaired) electrons. The minimum Gasteiger partial charge on any atom is -0.507 e. The first-order valence-electron chi connectivity index (χ1n) is 9.18. The van der Waals surface area contributed by atoms with Gasteiger partial charge in [-0.3, -0.25) is 19.2 Å². The van der Waals surface area contributed by atoms with Crippen molar-refractivity contribution in [2.75, 3.05) is 0 Å². The van der Waals surface area contributed by atoms with E-state index in [0.717, 1.165) is 0 Å². The minimum absolute atomic E-state index is 0.0211. The van der Waals surface area contributed by atoms with Crippen LogP contribution in [0.25, 0.3) is 0 Å². The van der Waals surface area contributed by atoms with Crippen LogP contribution < -0.4 is 0 Å². The van der Waals surface area contributed by atoms with Gasteiger partial charge in [-0.25, -0.2) is 0 Å². The van der Waals surface area contributed by atoms with Crippen LogP contribution in [-0.4, -0.2) is 38.6 Å². The first-order valence-corrected chi connectivity index (χ1v) is 9.18. The van der Waals surface area contributed by atoms with E-state index in [1.54, 1.807) is 0 Å². The number of fused-ring (bicyclic) bond motifs is 2. The summed E-state index contributed by atoms with van der Waals surface area (Å²) in [7, 11) is 0. The lowest BCUT2D eigenvalue weighted by atomic mass is 9.79. The van der Waals surface area contributed by atoms with Crippen molar-refractivity contribution in [2.24, 2.45) is 5.92 Å². The number of carboxylic acid groups (broad SMARTS) is 1. The molecule has 0 aliphatic heterocycles. The van der Waals surface area contributed by atoms with Gasteiger partial charge in [0.15, 0.2) is 11.6 Å². The van der Waals surface area contributed by atoms with Crippen molar-refractivity contribution in [3.05, 3.63) is 57.6 Å². The van der Waals surface area contributed by atoms with Gasteiger partial charge in [-0.05, 0) is 30.0 Å². The Morgan fingerprint density at radius 1 is 1.00 bits per heavy atom. The summed E-state index contributed by atoms with van der Waals surface area (Å²) < 4.78 is 0. The van der Waals surface area contributed by atoms with E-state index in [1.165, 1.54) is 24.3 Å². The van der Waals surface area contributed by atoms with Gasteiger partial charge in [0, 0.05) is 17.5 Å². The molecule has 0 fully saturated rings. The van der Waals surface area contributed by atoms with Gasteiger partial charge in [0.25, 0.3) is 0 Å². The van der Waals surface area contributed by atoms with E-state index in [0.29, 0.717) is 6.42 Å². The fourth-order valence-corrected chi connectivity index (χ4v) is 3.53. The Morgan fingerprint density at radius 3 is 2.31 bits per heavy atom. The highest BCUT2D eigenvalue weighted by Crippen LogP contribution is 2.40. The lowest BCUT2D eigenvalue weighted by molar-refractivity contribution is -0.136. The summed E-state index contributed by atoms with van der Waals surface area (Å²) in [5, 5.41) is 30.1. The summed E-state index contributed by atoms with van der Waals surface area (Å²) in [4.78, 5) is 49.9. The number of rotatable bonds is 6. The number of carbonyl (C=O) groups is 4. The molecule has 0 saturated carbocycles. The van der Waals surface area contributed by atoms with Gasteiger partial charge in [-0.2, -0.15) is 0 Å². The van der Waals surface area contributed by atoms with E-state index >= 15 is 0 Å². The van der Waals surface area contributed by atoms with Crippen LogP contribution in [0.3, 0.4) is 0 Å². The van der Waals surface area contributed by atoms with E-state index in [2.05, 4.69) is 0 Å². The van der Waals surface area contributed by atoms with Crippen molar-refractivity contribution < 1.29 is 34.5 Å². The molecule has 7 heteroatoms. The fourth-order valence-electron chi connectivity index (χ4n) is 3.53. The highest BCUT2D eigenvalue weighted by molar-refractivity contribution is 6.31. The lowest BCUT2D eigenvalue weighted by Gasteiger charge is -2.22. The molecule has 0 saturated heterocycles. The van der Waals surface area contributed by atoms with Crippen LogP contribution in [0.1, 0.15) is 74.5 Å². The molecule has 7 nitrogen and oxygen atoms in total. The van der Waals surface area contributed by atoms with Crippen LogP contribution in [0.15, 0.2) is 24.3 Å². The minimum atomic E-state index is -1.24. The molecule has 0 spiro atoms. The molecular weight excluding hydrogens is 376 g/mol. The molecule has 3 N–H and O–H groups in total. The van der Waals surface area contributed by atoms with Crippen LogP contribution >= 0.6 is 0 Å². The summed E-state index contributed by atoms with van der Waals surface area (Å²) in [6.45, 7) is 3.83. The third-order valence-corrected chi connectivity index (χ3v) is 4.94. The number of hydrogen-bond donors (Lipinski definition) is 3. The Morgan fingerprint density at radius 2 is 1.69 bits per heavy atom. The standard InChI is InChI=1S/C22H20O7/c1-10(2)6-7-15(24)17-11(9-16(25)26)8-13-19(21(17)28)22(29)18-12(20(13)27)4-3-5-14(18)23/h3-5,8,10,23,28H,6-7,9H2,1-2H3,(H,25,26). The van der Waals surface area contributed by atoms with Gasteiger partial charge in [-0.15, -0.1) is 0 Å². The molecule has 0 aromatic heterocycles. The number of carboxylic acids is 1. The van der Waals surface area contributed by atoms with Crippen molar-refractivity contribution in [3.63, 3.8) is 0 Å². The summed E-state index contributed by atoms with van der Waals surface area (Å²) in [5.41, 5.74) is -1.12. The predicted octanol–water partition coefficient (Wildman–Crippen LogP) is 3.12. The zero-order valence-corrected chi connectivity index (χ0v) is 16.0. The van der Waals surface area contributed by atoms with E-state index in [1.807, 2.05) is 13.8 Å². The highest BCUT2D eigenvalue weighted by atomic mass is 16.4. The molecule has 1 aliphatic carbocycles. The molecule has 29 heavy (non-hydrogen) atoms. The number of carbonyl (C=O) groups excluding carboxylic acids is 3. The van der Waals surface area contributed by atoms with Gasteiger partial charge in [0.1, 0.15) is 11.5 Å². The SMILES string of the molecule is CC(C)CCC(=O)c1c(CC(=O)O)cc2c(c1O)C(=O)c1c(O)cccc1C2=O. The Hall–Kier alpha value is -3.48. The second kappa shape index (κ2) is 7.50. The second-order valence-electron chi connectivity index (χ2n) is 7.47. The Kier molecular flexibility index (Phi) is 5.24. The molecular formula is C22H20O7. The molecule has 1 aliphatic rings. The predicted molar refractivity (Wildman–Crippen MR) is 103 cm³/mol. The molecule has 0 amide bonds. The van der Waals surface area contributed by atoms with E-state index in [4.69, 9.17) is 0 Å². The van der Waals surface area contributed by atoms with Crippen molar-refractivity contribution in [2.45, 2.75) is 33.1 Å².